The Morgan fingerprint density at radius 2 is 1.61 bits per heavy atom. The Labute approximate surface area is 231 Å². The van der Waals surface area contributed by atoms with Crippen molar-refractivity contribution in [3.63, 3.8) is 0 Å². The number of para-hydroxylation sites is 1. The number of carboxylic acids is 2. The van der Waals surface area contributed by atoms with Crippen molar-refractivity contribution in [2.24, 2.45) is 0 Å². The third-order valence-electron chi connectivity index (χ3n) is 4.50. The fourth-order valence-corrected chi connectivity index (χ4v) is 3.71. The summed E-state index contributed by atoms with van der Waals surface area (Å²) in [5.74, 6) is -5.01. The van der Waals surface area contributed by atoms with Gasteiger partial charge in [0.25, 0.3) is 0 Å². The molecule has 0 spiro atoms. The van der Waals surface area contributed by atoms with Crippen LogP contribution in [-0.2, 0) is 16.0 Å². The summed E-state index contributed by atoms with van der Waals surface area (Å²) in [5, 5.41) is 31.2. The third kappa shape index (κ3) is 10.7. The SMILES string of the molecule is N#C/C(=C1/Nc2ccccc2S1)c1ccnc(NCCc2cccnc2)n1.O=C(O)C(F)(F)F.O=C(O)C(F)(F)F. The maximum absolute atomic E-state index is 10.6. The summed E-state index contributed by atoms with van der Waals surface area (Å²) >= 11 is 1.54. The van der Waals surface area contributed by atoms with Gasteiger partial charge in [0.1, 0.15) is 11.6 Å². The number of aromatic nitrogens is 3. The van der Waals surface area contributed by atoms with Gasteiger partial charge in [0.2, 0.25) is 5.95 Å². The number of alkyl halides is 6. The number of carbonyl (C=O) groups is 2. The molecule has 4 N–H and O–H groups in total. The van der Waals surface area contributed by atoms with Crippen molar-refractivity contribution >= 4 is 40.9 Å². The van der Waals surface area contributed by atoms with Gasteiger partial charge >= 0.3 is 24.3 Å². The number of hydrogen-bond donors (Lipinski definition) is 4. The van der Waals surface area contributed by atoms with Crippen molar-refractivity contribution in [1.29, 1.82) is 5.26 Å². The number of rotatable bonds is 5. The van der Waals surface area contributed by atoms with Crippen LogP contribution in [-0.4, -0.2) is 56.0 Å². The van der Waals surface area contributed by atoms with E-state index in [1.165, 1.54) is 0 Å². The maximum atomic E-state index is 10.6. The first-order valence-corrected chi connectivity index (χ1v) is 11.8. The topological polar surface area (TPSA) is 161 Å². The molecular weight excluding hydrogens is 582 g/mol. The molecule has 1 aliphatic heterocycles. The van der Waals surface area contributed by atoms with Crippen LogP contribution in [0.25, 0.3) is 5.57 Å². The summed E-state index contributed by atoms with van der Waals surface area (Å²) in [7, 11) is 0. The Balaban J connectivity index is 0.000000349. The van der Waals surface area contributed by atoms with Gasteiger partial charge in [0, 0.05) is 30.0 Å². The number of hydrogen-bond acceptors (Lipinski definition) is 9. The highest BCUT2D eigenvalue weighted by Crippen LogP contribution is 2.43. The maximum Gasteiger partial charge on any atom is 0.490 e. The lowest BCUT2D eigenvalue weighted by atomic mass is 10.2. The number of nitrogens with one attached hydrogen (secondary N) is 2. The molecule has 4 rings (SSSR count). The standard InChI is InChI=1S/C20H16N6S.2C2HF3O2/c21-12-15(19-25-17-5-1-2-6-18(17)27-19)16-8-11-24-20(26-16)23-10-7-14-4-3-9-22-13-14;2*3-2(4,5)1(6)7/h1-6,8-9,11,13,25H,7,10H2,(H,23,24,26);2*(H,6,7)/b19-15+;;. The van der Waals surface area contributed by atoms with Crippen molar-refractivity contribution in [3.05, 3.63) is 77.3 Å². The minimum Gasteiger partial charge on any atom is -0.475 e. The largest absolute Gasteiger partial charge is 0.490 e. The molecular formula is C24H18F6N6O4S. The average molecular weight is 601 g/mol. The normalized spacial score (nSPS) is 13.1. The Hall–Kier alpha value is -4.85. The van der Waals surface area contributed by atoms with Crippen LogP contribution in [0.2, 0.25) is 0 Å². The lowest BCUT2D eigenvalue weighted by molar-refractivity contribution is -0.193. The third-order valence-corrected chi connectivity index (χ3v) is 5.59. The molecule has 0 aliphatic carbocycles. The molecule has 0 bridgehead atoms. The van der Waals surface area contributed by atoms with Crippen LogP contribution < -0.4 is 10.6 Å². The molecule has 0 radical (unpaired) electrons. The number of allylic oxidation sites excluding steroid dienone is 1. The minimum atomic E-state index is -5.08. The van der Waals surface area contributed by atoms with Crippen LogP contribution in [0.1, 0.15) is 11.3 Å². The molecule has 3 heterocycles. The number of carboxylic acid groups (broad SMARTS) is 2. The first-order chi connectivity index (χ1) is 19.2. The predicted octanol–water partition coefficient (Wildman–Crippen LogP) is 5.20. The monoisotopic (exact) mass is 600 g/mol. The Morgan fingerprint density at radius 3 is 2.15 bits per heavy atom. The van der Waals surface area contributed by atoms with E-state index >= 15 is 0 Å². The van der Waals surface area contributed by atoms with E-state index in [1.54, 1.807) is 30.2 Å². The summed E-state index contributed by atoms with van der Waals surface area (Å²) in [6.45, 7) is 0.687. The highest BCUT2D eigenvalue weighted by molar-refractivity contribution is 8.04. The lowest BCUT2D eigenvalue weighted by Gasteiger charge is -2.07. The molecule has 1 aliphatic rings. The zero-order valence-electron chi connectivity index (χ0n) is 20.4. The van der Waals surface area contributed by atoms with Gasteiger partial charge in [0.15, 0.2) is 0 Å². The first kappa shape index (κ1) is 32.4. The number of nitrogens with zero attached hydrogens (tertiary/aromatic N) is 4. The fourth-order valence-electron chi connectivity index (χ4n) is 2.70. The molecule has 2 aromatic heterocycles. The second-order valence-corrected chi connectivity index (χ2v) is 8.50. The fraction of sp³-hybridized carbons (Fsp3) is 0.167. The molecule has 0 atom stereocenters. The number of pyridine rings is 1. The molecule has 0 amide bonds. The lowest BCUT2D eigenvalue weighted by Crippen LogP contribution is -2.21. The molecule has 0 unspecified atom stereocenters. The van der Waals surface area contributed by atoms with E-state index in [9.17, 15) is 31.6 Å². The van der Waals surface area contributed by atoms with Gasteiger partial charge in [-0.1, -0.05) is 30.0 Å². The van der Waals surface area contributed by atoms with Crippen LogP contribution in [0.4, 0.5) is 38.0 Å². The molecule has 17 heteroatoms. The Kier molecular flexibility index (Phi) is 11.5. The number of fused-ring (bicyclic) bond motifs is 1. The number of thioether (sulfide) groups is 1. The summed E-state index contributed by atoms with van der Waals surface area (Å²) in [4.78, 5) is 31.8. The van der Waals surface area contributed by atoms with Crippen LogP contribution in [0.15, 0.2) is 71.0 Å². The predicted molar refractivity (Wildman–Crippen MR) is 134 cm³/mol. The Morgan fingerprint density at radius 1 is 0.976 bits per heavy atom. The summed E-state index contributed by atoms with van der Waals surface area (Å²) in [5.41, 5.74) is 3.26. The molecule has 3 aromatic rings. The highest BCUT2D eigenvalue weighted by atomic mass is 32.2. The summed E-state index contributed by atoms with van der Waals surface area (Å²) in [6, 6.07) is 16.0. The van der Waals surface area contributed by atoms with Gasteiger partial charge in [0.05, 0.1) is 16.4 Å². The zero-order valence-corrected chi connectivity index (χ0v) is 21.2. The van der Waals surface area contributed by atoms with Crippen LogP contribution >= 0.6 is 11.8 Å². The number of halogens is 6. The summed E-state index contributed by atoms with van der Waals surface area (Å²) in [6.07, 6.45) is -4.08. The van der Waals surface area contributed by atoms with E-state index in [1.807, 2.05) is 42.6 Å². The molecule has 0 saturated carbocycles. The molecule has 216 valence electrons. The van der Waals surface area contributed by atoms with E-state index in [2.05, 4.69) is 31.7 Å². The molecule has 1 aromatic carbocycles. The quantitative estimate of drug-likeness (QED) is 0.225. The minimum absolute atomic E-state index is 0.505. The van der Waals surface area contributed by atoms with Gasteiger partial charge in [-0.2, -0.15) is 31.6 Å². The molecule has 10 nitrogen and oxygen atoms in total. The van der Waals surface area contributed by atoms with Gasteiger partial charge in [-0.15, -0.1) is 0 Å². The molecule has 0 fully saturated rings. The van der Waals surface area contributed by atoms with Gasteiger partial charge in [-0.05, 0) is 36.2 Å². The van der Waals surface area contributed by atoms with Crippen LogP contribution in [0.3, 0.4) is 0 Å². The molecule has 41 heavy (non-hydrogen) atoms. The number of benzene rings is 1. The van der Waals surface area contributed by atoms with E-state index in [0.29, 0.717) is 23.8 Å². The number of nitriles is 1. The second-order valence-electron chi connectivity index (χ2n) is 7.45. The van der Waals surface area contributed by atoms with Crippen LogP contribution in [0.5, 0.6) is 0 Å². The number of anilines is 2. The van der Waals surface area contributed by atoms with Crippen molar-refractivity contribution in [2.75, 3.05) is 17.2 Å². The first-order valence-electron chi connectivity index (χ1n) is 11.0. The van der Waals surface area contributed by atoms with Gasteiger partial charge in [-0.25, -0.2) is 19.6 Å². The van der Waals surface area contributed by atoms with Crippen LogP contribution in [0, 0.1) is 11.3 Å². The Bertz CT molecular complexity index is 1380. The highest BCUT2D eigenvalue weighted by Gasteiger charge is 2.38. The van der Waals surface area contributed by atoms with E-state index in [-0.39, 0.29) is 0 Å². The van der Waals surface area contributed by atoms with E-state index in [0.717, 1.165) is 27.6 Å². The zero-order chi connectivity index (χ0) is 30.6. The molecule has 0 saturated heterocycles. The van der Waals surface area contributed by atoms with Gasteiger partial charge in [-0.3, -0.25) is 4.98 Å². The van der Waals surface area contributed by atoms with E-state index < -0.39 is 24.3 Å². The second kappa shape index (κ2) is 14.5. The smallest absolute Gasteiger partial charge is 0.475 e. The van der Waals surface area contributed by atoms with Crippen molar-refractivity contribution in [1.82, 2.24) is 15.0 Å². The average Bonchev–Trinajstić information content (AvgIpc) is 3.33. The van der Waals surface area contributed by atoms with Gasteiger partial charge < -0.3 is 20.8 Å². The summed E-state index contributed by atoms with van der Waals surface area (Å²) < 4.78 is 63.5. The van der Waals surface area contributed by atoms with Crippen molar-refractivity contribution in [2.45, 2.75) is 23.7 Å². The van der Waals surface area contributed by atoms with E-state index in [4.69, 9.17) is 19.8 Å². The van der Waals surface area contributed by atoms with Crippen molar-refractivity contribution < 1.29 is 46.1 Å². The van der Waals surface area contributed by atoms with Crippen molar-refractivity contribution in [3.8, 4) is 6.07 Å². The number of aliphatic carboxylic acids is 2.